The van der Waals surface area contributed by atoms with Crippen LogP contribution in [0.15, 0.2) is 66.9 Å². The van der Waals surface area contributed by atoms with Crippen LogP contribution in [0.3, 0.4) is 0 Å². The first-order chi connectivity index (χ1) is 19.9. The second-order valence-electron chi connectivity index (χ2n) is 9.30. The second-order valence-corrected chi connectivity index (χ2v) is 9.74. The van der Waals surface area contributed by atoms with Gasteiger partial charge in [-0.05, 0) is 35.9 Å². The Labute approximate surface area is 242 Å². The van der Waals surface area contributed by atoms with Crippen molar-refractivity contribution in [3.63, 3.8) is 0 Å². The molecule has 2 aromatic heterocycles. The Morgan fingerprint density at radius 3 is 2.44 bits per heavy atom. The van der Waals surface area contributed by atoms with Gasteiger partial charge in [0.15, 0.2) is 0 Å². The molecule has 1 atom stereocenters. The molecule has 1 aliphatic heterocycles. The van der Waals surface area contributed by atoms with Crippen LogP contribution in [0.2, 0.25) is 5.02 Å². The molecular weight excluding hydrogens is 548 g/mol. The molecule has 11 nitrogen and oxygen atoms in total. The first-order valence-electron chi connectivity index (χ1n) is 13.1. The molecule has 1 aromatic carbocycles. The number of carbonyl (C=O) groups is 3. The number of ether oxygens (including phenoxy) is 2. The molecule has 3 aromatic rings. The Morgan fingerprint density at radius 2 is 1.78 bits per heavy atom. The summed E-state index contributed by atoms with van der Waals surface area (Å²) in [6.45, 7) is 0.766. The molecule has 1 fully saturated rings. The largest absolute Gasteiger partial charge is 0.480 e. The van der Waals surface area contributed by atoms with Crippen molar-refractivity contribution in [2.24, 2.45) is 0 Å². The van der Waals surface area contributed by atoms with Gasteiger partial charge in [-0.3, -0.25) is 19.4 Å². The van der Waals surface area contributed by atoms with E-state index in [9.17, 15) is 14.4 Å². The maximum absolute atomic E-state index is 13.1. The Kier molecular flexibility index (Phi) is 10.6. The van der Waals surface area contributed by atoms with E-state index >= 15 is 0 Å². The van der Waals surface area contributed by atoms with E-state index in [2.05, 4.69) is 25.8 Å². The fourth-order valence-corrected chi connectivity index (χ4v) is 4.30. The van der Waals surface area contributed by atoms with Crippen LogP contribution >= 0.6 is 11.6 Å². The van der Waals surface area contributed by atoms with Crippen LogP contribution in [0.4, 0.5) is 0 Å². The van der Waals surface area contributed by atoms with E-state index in [4.69, 9.17) is 21.1 Å². The Bertz CT molecular complexity index is 1330. The third kappa shape index (κ3) is 9.28. The van der Waals surface area contributed by atoms with Crippen LogP contribution in [-0.2, 0) is 20.8 Å². The molecule has 0 saturated carbocycles. The molecule has 0 aliphatic carbocycles. The summed E-state index contributed by atoms with van der Waals surface area (Å²) in [5.74, 6) is -0.353. The number of hydrogen-bond acceptors (Lipinski definition) is 8. The molecule has 3 heterocycles. The van der Waals surface area contributed by atoms with Gasteiger partial charge in [-0.2, -0.15) is 0 Å². The van der Waals surface area contributed by atoms with E-state index in [1.165, 1.54) is 13.2 Å². The minimum Gasteiger partial charge on any atom is -0.480 e. The highest BCUT2D eigenvalue weighted by molar-refractivity contribution is 6.30. The van der Waals surface area contributed by atoms with Crippen molar-refractivity contribution in [2.45, 2.75) is 31.4 Å². The molecule has 12 heteroatoms. The van der Waals surface area contributed by atoms with E-state index in [1.807, 2.05) is 0 Å². The van der Waals surface area contributed by atoms with E-state index in [0.29, 0.717) is 48.4 Å². The SMILES string of the molecule is COc1ccc(OC2CCN(C(=O)CNC(=O)[C@H](Cc3ccccn3)NC(=O)/C=C/c3ccc(Cl)cc3)CC2)nn1. The number of methoxy groups -OCH3 is 1. The molecule has 1 saturated heterocycles. The van der Waals surface area contributed by atoms with E-state index in [-0.39, 0.29) is 25.0 Å². The zero-order valence-corrected chi connectivity index (χ0v) is 23.3. The van der Waals surface area contributed by atoms with Crippen molar-refractivity contribution in [3.8, 4) is 11.8 Å². The average molecular weight is 579 g/mol. The van der Waals surface area contributed by atoms with E-state index in [1.54, 1.807) is 71.8 Å². The lowest BCUT2D eigenvalue weighted by molar-refractivity contribution is -0.135. The summed E-state index contributed by atoms with van der Waals surface area (Å²) in [5.41, 5.74) is 1.41. The molecule has 0 bridgehead atoms. The summed E-state index contributed by atoms with van der Waals surface area (Å²) in [6.07, 6.45) is 5.88. The molecule has 4 rings (SSSR count). The van der Waals surface area contributed by atoms with Crippen LogP contribution in [-0.4, -0.2) is 76.7 Å². The predicted molar refractivity (Wildman–Crippen MR) is 152 cm³/mol. The van der Waals surface area contributed by atoms with Gasteiger partial charge in [0.05, 0.1) is 13.7 Å². The van der Waals surface area contributed by atoms with Crippen molar-refractivity contribution in [2.75, 3.05) is 26.7 Å². The summed E-state index contributed by atoms with van der Waals surface area (Å²) in [6, 6.07) is 14.8. The van der Waals surface area contributed by atoms with Crippen LogP contribution in [0.1, 0.15) is 24.1 Å². The smallest absolute Gasteiger partial charge is 0.244 e. The summed E-state index contributed by atoms with van der Waals surface area (Å²) in [7, 11) is 1.51. The second kappa shape index (κ2) is 14.8. The van der Waals surface area contributed by atoms with Gasteiger partial charge in [-0.15, -0.1) is 10.2 Å². The monoisotopic (exact) mass is 578 g/mol. The average Bonchev–Trinajstić information content (AvgIpc) is 3.00. The molecule has 214 valence electrons. The van der Waals surface area contributed by atoms with Crippen molar-refractivity contribution in [3.05, 3.63) is 83.2 Å². The molecule has 3 amide bonds. The maximum atomic E-state index is 13.1. The van der Waals surface area contributed by atoms with Crippen LogP contribution in [0, 0.1) is 0 Å². The highest BCUT2D eigenvalue weighted by Gasteiger charge is 2.26. The quantitative estimate of drug-likeness (QED) is 0.331. The normalized spacial score (nSPS) is 14.3. The lowest BCUT2D eigenvalue weighted by Crippen LogP contribution is -2.51. The summed E-state index contributed by atoms with van der Waals surface area (Å²) < 4.78 is 10.9. The first kappa shape index (κ1) is 29.5. The van der Waals surface area contributed by atoms with Gasteiger partial charge < -0.3 is 25.0 Å². The van der Waals surface area contributed by atoms with Crippen molar-refractivity contribution >= 4 is 35.4 Å². The number of nitrogens with zero attached hydrogens (tertiary/aromatic N) is 4. The Hall–Kier alpha value is -4.51. The lowest BCUT2D eigenvalue weighted by Gasteiger charge is -2.32. The summed E-state index contributed by atoms with van der Waals surface area (Å²) in [4.78, 5) is 44.5. The number of aromatic nitrogens is 3. The molecule has 1 aliphatic rings. The third-order valence-electron chi connectivity index (χ3n) is 6.39. The first-order valence-corrected chi connectivity index (χ1v) is 13.5. The topological polar surface area (TPSA) is 136 Å². The number of rotatable bonds is 11. The molecule has 0 spiro atoms. The molecule has 2 N–H and O–H groups in total. The van der Waals surface area contributed by atoms with Gasteiger partial charge >= 0.3 is 0 Å². The number of carbonyl (C=O) groups excluding carboxylic acids is 3. The van der Waals surface area contributed by atoms with Crippen molar-refractivity contribution in [1.29, 1.82) is 0 Å². The predicted octanol–water partition coefficient (Wildman–Crippen LogP) is 2.46. The van der Waals surface area contributed by atoms with Crippen LogP contribution in [0.25, 0.3) is 6.08 Å². The molecule has 0 radical (unpaired) electrons. The highest BCUT2D eigenvalue weighted by Crippen LogP contribution is 2.18. The number of amides is 3. The summed E-state index contributed by atoms with van der Waals surface area (Å²) >= 11 is 5.91. The van der Waals surface area contributed by atoms with Crippen molar-refractivity contribution in [1.82, 2.24) is 30.7 Å². The Morgan fingerprint density at radius 1 is 1.05 bits per heavy atom. The van der Waals surface area contributed by atoms with E-state index in [0.717, 1.165) is 5.56 Å². The molecular formula is C29H31ClN6O5. The zero-order valence-electron chi connectivity index (χ0n) is 22.5. The number of likely N-dealkylation sites (tertiary alicyclic amines) is 1. The van der Waals surface area contributed by atoms with Gasteiger partial charge in [0.1, 0.15) is 12.1 Å². The molecule has 41 heavy (non-hydrogen) atoms. The number of pyridine rings is 1. The van der Waals surface area contributed by atoms with Crippen LogP contribution < -0.4 is 20.1 Å². The van der Waals surface area contributed by atoms with Gasteiger partial charge in [-0.1, -0.05) is 29.8 Å². The van der Waals surface area contributed by atoms with Gasteiger partial charge in [0.25, 0.3) is 0 Å². The minimum absolute atomic E-state index is 0.102. The van der Waals surface area contributed by atoms with E-state index < -0.39 is 17.9 Å². The van der Waals surface area contributed by atoms with Gasteiger partial charge in [0.2, 0.25) is 29.5 Å². The van der Waals surface area contributed by atoms with Gasteiger partial charge in [0, 0.05) is 67.5 Å². The standard InChI is InChI=1S/C29H31ClN6O5/c1-40-26-11-12-27(35-34-26)41-23-13-16-36(17-14-23)28(38)19-32-29(39)24(18-22-4-2-3-15-31-22)33-25(37)10-7-20-5-8-21(30)9-6-20/h2-12,15,23-24H,13-14,16-19H2,1H3,(H,32,39)(H,33,37)/b10-7+/t24-/m0/s1. The third-order valence-corrected chi connectivity index (χ3v) is 6.64. The number of halogens is 1. The summed E-state index contributed by atoms with van der Waals surface area (Å²) in [5, 5.41) is 13.9. The zero-order chi connectivity index (χ0) is 29.0. The number of piperidine rings is 1. The van der Waals surface area contributed by atoms with Crippen molar-refractivity contribution < 1.29 is 23.9 Å². The number of benzene rings is 1. The minimum atomic E-state index is -0.926. The fraction of sp³-hybridized carbons (Fsp3) is 0.310. The van der Waals surface area contributed by atoms with Gasteiger partial charge in [-0.25, -0.2) is 0 Å². The number of hydrogen-bond donors (Lipinski definition) is 2. The highest BCUT2D eigenvalue weighted by atomic mass is 35.5. The number of nitrogens with one attached hydrogen (secondary N) is 2. The molecule has 0 unspecified atom stereocenters. The van der Waals surface area contributed by atoms with Crippen LogP contribution in [0.5, 0.6) is 11.8 Å². The fourth-order valence-electron chi connectivity index (χ4n) is 4.17. The Balaban J connectivity index is 1.28. The lowest BCUT2D eigenvalue weighted by atomic mass is 10.1. The maximum Gasteiger partial charge on any atom is 0.244 e.